The molecule has 27 heavy (non-hydrogen) atoms. The van der Waals surface area contributed by atoms with E-state index in [-0.39, 0.29) is 24.7 Å². The average molecular weight is 384 g/mol. The molecule has 1 aliphatic carbocycles. The highest BCUT2D eigenvalue weighted by molar-refractivity contribution is 5.83. The summed E-state index contributed by atoms with van der Waals surface area (Å²) in [5, 5.41) is 7.08. The number of nitrogens with zero attached hydrogens (tertiary/aromatic N) is 1. The van der Waals surface area contributed by atoms with Crippen molar-refractivity contribution in [3.63, 3.8) is 0 Å². The molecule has 8 heteroatoms. The van der Waals surface area contributed by atoms with Gasteiger partial charge in [-0.3, -0.25) is 4.99 Å². The van der Waals surface area contributed by atoms with Crippen molar-refractivity contribution in [2.45, 2.75) is 44.3 Å². The molecule has 0 radical (unpaired) electrons. The lowest BCUT2D eigenvalue weighted by Crippen LogP contribution is -2.47. The lowest BCUT2D eigenvalue weighted by Gasteiger charge is -2.31. The fourth-order valence-corrected chi connectivity index (χ4v) is 3.68. The van der Waals surface area contributed by atoms with Crippen LogP contribution in [0.15, 0.2) is 29.4 Å². The summed E-state index contributed by atoms with van der Waals surface area (Å²) in [6, 6.07) is 4.36. The van der Waals surface area contributed by atoms with Gasteiger partial charge in [-0.15, -0.1) is 0 Å². The van der Waals surface area contributed by atoms with Gasteiger partial charge in [-0.1, -0.05) is 6.42 Å². The predicted molar refractivity (Wildman–Crippen MR) is 98.3 cm³/mol. The summed E-state index contributed by atoms with van der Waals surface area (Å²) < 4.78 is 52.3. The van der Waals surface area contributed by atoms with Gasteiger partial charge in [0, 0.05) is 36.7 Å². The Kier molecular flexibility index (Phi) is 5.92. The van der Waals surface area contributed by atoms with E-state index in [1.165, 1.54) is 12.1 Å². The molecule has 0 aliphatic heterocycles. The second-order valence-electron chi connectivity index (χ2n) is 7.00. The van der Waals surface area contributed by atoms with Crippen LogP contribution in [-0.4, -0.2) is 36.8 Å². The van der Waals surface area contributed by atoms with E-state index >= 15 is 0 Å². The molecule has 148 valence electrons. The normalized spacial score (nSPS) is 21.4. The summed E-state index contributed by atoms with van der Waals surface area (Å²) in [6.07, 6.45) is -0.121. The molecule has 4 nitrogen and oxygen atoms in total. The van der Waals surface area contributed by atoms with Crippen LogP contribution >= 0.6 is 0 Å². The SMILES string of the molecule is CN=C(NCCc1c[nH]c2ccc(F)cc12)NC1CCCC(C(F)(F)F)C1. The highest BCUT2D eigenvalue weighted by Gasteiger charge is 2.42. The highest BCUT2D eigenvalue weighted by atomic mass is 19.4. The van der Waals surface area contributed by atoms with Crippen molar-refractivity contribution < 1.29 is 17.6 Å². The van der Waals surface area contributed by atoms with Gasteiger partial charge in [-0.25, -0.2) is 4.39 Å². The molecule has 1 heterocycles. The molecule has 1 aromatic carbocycles. The lowest BCUT2D eigenvalue weighted by atomic mass is 9.85. The standard InChI is InChI=1S/C19H24F4N4/c1-24-18(27-15-4-2-3-13(9-15)19(21,22)23)25-8-7-12-11-26-17-6-5-14(20)10-16(12)17/h5-6,10-11,13,15,26H,2-4,7-9H2,1H3,(H2,24,25,27). The Morgan fingerprint density at radius 1 is 1.30 bits per heavy atom. The van der Waals surface area contributed by atoms with E-state index in [0.717, 1.165) is 16.5 Å². The number of aromatic amines is 1. The highest BCUT2D eigenvalue weighted by Crippen LogP contribution is 2.37. The molecular weight excluding hydrogens is 360 g/mol. The first kappa shape index (κ1) is 19.5. The van der Waals surface area contributed by atoms with E-state index in [0.29, 0.717) is 31.8 Å². The van der Waals surface area contributed by atoms with Gasteiger partial charge in [-0.2, -0.15) is 13.2 Å². The fraction of sp³-hybridized carbons (Fsp3) is 0.526. The molecule has 2 atom stereocenters. The number of guanidine groups is 1. The number of alkyl halides is 3. The number of aromatic nitrogens is 1. The van der Waals surface area contributed by atoms with E-state index < -0.39 is 12.1 Å². The molecule has 1 aromatic heterocycles. The van der Waals surface area contributed by atoms with Crippen LogP contribution in [0.3, 0.4) is 0 Å². The van der Waals surface area contributed by atoms with Gasteiger partial charge in [0.25, 0.3) is 0 Å². The number of rotatable bonds is 4. The van der Waals surface area contributed by atoms with E-state index in [1.807, 2.05) is 6.20 Å². The van der Waals surface area contributed by atoms with Crippen LogP contribution in [0, 0.1) is 11.7 Å². The Morgan fingerprint density at radius 2 is 2.11 bits per heavy atom. The van der Waals surface area contributed by atoms with Crippen LogP contribution in [0.2, 0.25) is 0 Å². The van der Waals surface area contributed by atoms with Gasteiger partial charge in [0.15, 0.2) is 5.96 Å². The smallest absolute Gasteiger partial charge is 0.361 e. The maximum atomic E-state index is 13.4. The van der Waals surface area contributed by atoms with Crippen LogP contribution in [0.4, 0.5) is 17.6 Å². The number of halogens is 4. The van der Waals surface area contributed by atoms with Crippen LogP contribution in [0.5, 0.6) is 0 Å². The van der Waals surface area contributed by atoms with Crippen molar-refractivity contribution in [3.8, 4) is 0 Å². The van der Waals surface area contributed by atoms with E-state index in [1.54, 1.807) is 13.1 Å². The van der Waals surface area contributed by atoms with Gasteiger partial charge in [0.2, 0.25) is 0 Å². The third-order valence-corrected chi connectivity index (χ3v) is 5.12. The lowest BCUT2D eigenvalue weighted by molar-refractivity contribution is -0.183. The van der Waals surface area contributed by atoms with Crippen molar-refractivity contribution in [3.05, 3.63) is 35.8 Å². The Balaban J connectivity index is 1.52. The minimum Gasteiger partial charge on any atom is -0.361 e. The Hall–Kier alpha value is -2.25. The molecule has 3 rings (SSSR count). The van der Waals surface area contributed by atoms with Gasteiger partial charge >= 0.3 is 6.18 Å². The zero-order valence-electron chi connectivity index (χ0n) is 15.2. The van der Waals surface area contributed by atoms with Gasteiger partial charge in [0.1, 0.15) is 5.82 Å². The second kappa shape index (κ2) is 8.19. The molecule has 2 aromatic rings. The first-order chi connectivity index (χ1) is 12.9. The predicted octanol–water partition coefficient (Wildman–Crippen LogP) is 4.14. The maximum absolute atomic E-state index is 13.4. The quantitative estimate of drug-likeness (QED) is 0.422. The van der Waals surface area contributed by atoms with Crippen LogP contribution in [0.25, 0.3) is 10.9 Å². The van der Waals surface area contributed by atoms with Crippen molar-refractivity contribution in [1.82, 2.24) is 15.6 Å². The van der Waals surface area contributed by atoms with Crippen molar-refractivity contribution in [2.24, 2.45) is 10.9 Å². The van der Waals surface area contributed by atoms with E-state index in [9.17, 15) is 17.6 Å². The Bertz CT molecular complexity index is 797. The van der Waals surface area contributed by atoms with Crippen LogP contribution in [0.1, 0.15) is 31.2 Å². The maximum Gasteiger partial charge on any atom is 0.391 e. The number of aliphatic imine (C=N–C) groups is 1. The van der Waals surface area contributed by atoms with E-state index in [2.05, 4.69) is 20.6 Å². The largest absolute Gasteiger partial charge is 0.391 e. The number of hydrogen-bond acceptors (Lipinski definition) is 1. The Labute approximate surface area is 155 Å². The number of fused-ring (bicyclic) bond motifs is 1. The fourth-order valence-electron chi connectivity index (χ4n) is 3.68. The van der Waals surface area contributed by atoms with Crippen LogP contribution < -0.4 is 10.6 Å². The number of hydrogen-bond donors (Lipinski definition) is 3. The molecule has 0 saturated heterocycles. The minimum atomic E-state index is -4.14. The van der Waals surface area contributed by atoms with Crippen molar-refractivity contribution >= 4 is 16.9 Å². The molecule has 0 bridgehead atoms. The molecule has 1 saturated carbocycles. The first-order valence-corrected chi connectivity index (χ1v) is 9.16. The summed E-state index contributed by atoms with van der Waals surface area (Å²) in [4.78, 5) is 7.22. The molecule has 0 amide bonds. The summed E-state index contributed by atoms with van der Waals surface area (Å²) in [5.74, 6) is -1.04. The summed E-state index contributed by atoms with van der Waals surface area (Å²) in [7, 11) is 1.60. The third-order valence-electron chi connectivity index (χ3n) is 5.12. The van der Waals surface area contributed by atoms with Crippen LogP contribution in [-0.2, 0) is 6.42 Å². The van der Waals surface area contributed by atoms with Gasteiger partial charge in [-0.05, 0) is 49.4 Å². The Morgan fingerprint density at radius 3 is 2.85 bits per heavy atom. The summed E-state index contributed by atoms with van der Waals surface area (Å²) in [6.45, 7) is 0.540. The third kappa shape index (κ3) is 4.93. The number of H-pyrrole nitrogens is 1. The molecular formula is C19H24F4N4. The molecule has 1 fully saturated rings. The average Bonchev–Trinajstić information content (AvgIpc) is 3.02. The molecule has 2 unspecified atom stereocenters. The molecule has 0 spiro atoms. The minimum absolute atomic E-state index is 0.0753. The molecule has 3 N–H and O–H groups in total. The van der Waals surface area contributed by atoms with Gasteiger partial charge in [0.05, 0.1) is 5.92 Å². The van der Waals surface area contributed by atoms with Crippen molar-refractivity contribution in [1.29, 1.82) is 0 Å². The zero-order valence-corrected chi connectivity index (χ0v) is 15.2. The van der Waals surface area contributed by atoms with Crippen molar-refractivity contribution in [2.75, 3.05) is 13.6 Å². The zero-order chi connectivity index (χ0) is 19.4. The summed E-state index contributed by atoms with van der Waals surface area (Å²) >= 11 is 0. The molecule has 1 aliphatic rings. The topological polar surface area (TPSA) is 52.2 Å². The van der Waals surface area contributed by atoms with Gasteiger partial charge < -0.3 is 15.6 Å². The number of benzene rings is 1. The summed E-state index contributed by atoms with van der Waals surface area (Å²) in [5.41, 5.74) is 1.84. The van der Waals surface area contributed by atoms with E-state index in [4.69, 9.17) is 0 Å². The number of nitrogens with one attached hydrogen (secondary N) is 3. The second-order valence-corrected chi connectivity index (χ2v) is 7.00. The monoisotopic (exact) mass is 384 g/mol. The first-order valence-electron chi connectivity index (χ1n) is 9.16.